The fourth-order valence-corrected chi connectivity index (χ4v) is 1.81. The van der Waals surface area contributed by atoms with E-state index in [9.17, 15) is 0 Å². The highest BCUT2D eigenvalue weighted by Gasteiger charge is 2.11. The summed E-state index contributed by atoms with van der Waals surface area (Å²) in [7, 11) is 0. The van der Waals surface area contributed by atoms with E-state index in [1.807, 2.05) is 18.5 Å². The Kier molecular flexibility index (Phi) is 3.37. The lowest BCUT2D eigenvalue weighted by molar-refractivity contribution is 0.495. The van der Waals surface area contributed by atoms with E-state index in [1.54, 1.807) is 0 Å². The molecule has 1 aromatic carbocycles. The van der Waals surface area contributed by atoms with Crippen LogP contribution in [0.25, 0.3) is 0 Å². The smallest absolute Gasteiger partial charge is 0.0534 e. The second-order valence-electron chi connectivity index (χ2n) is 4.05. The van der Waals surface area contributed by atoms with E-state index in [2.05, 4.69) is 53.6 Å². The summed E-state index contributed by atoms with van der Waals surface area (Å²) in [6.45, 7) is 4.32. The minimum Gasteiger partial charge on any atom is -0.304 e. The van der Waals surface area contributed by atoms with Crippen LogP contribution in [-0.4, -0.2) is 10.2 Å². The summed E-state index contributed by atoms with van der Waals surface area (Å²) in [4.78, 5) is 0. The molecule has 2 unspecified atom stereocenters. The quantitative estimate of drug-likeness (QED) is 0.823. The topological polar surface area (TPSA) is 40.7 Å². The third-order valence-corrected chi connectivity index (χ3v) is 2.82. The molecule has 2 N–H and O–H groups in total. The predicted molar refractivity (Wildman–Crippen MR) is 65.0 cm³/mol. The number of benzene rings is 1. The summed E-state index contributed by atoms with van der Waals surface area (Å²) in [5.41, 5.74) is 2.49. The molecule has 2 rings (SSSR count). The maximum absolute atomic E-state index is 3.96. The van der Waals surface area contributed by atoms with Crippen molar-refractivity contribution in [3.05, 3.63) is 53.9 Å². The summed E-state index contributed by atoms with van der Waals surface area (Å²) in [6, 6.07) is 11.1. The number of rotatable bonds is 4. The van der Waals surface area contributed by atoms with Gasteiger partial charge in [0.2, 0.25) is 0 Å². The number of H-pyrrole nitrogens is 1. The zero-order valence-corrected chi connectivity index (χ0v) is 9.64. The molecule has 0 saturated heterocycles. The molecular formula is C13H17N3. The molecule has 2 aromatic rings. The molecule has 0 amide bonds. The van der Waals surface area contributed by atoms with E-state index in [0.29, 0.717) is 12.1 Å². The minimum absolute atomic E-state index is 0.300. The lowest BCUT2D eigenvalue weighted by Gasteiger charge is -2.19. The van der Waals surface area contributed by atoms with Crippen molar-refractivity contribution in [2.24, 2.45) is 0 Å². The van der Waals surface area contributed by atoms with Gasteiger partial charge in [0.1, 0.15) is 0 Å². The van der Waals surface area contributed by atoms with Crippen LogP contribution in [0.2, 0.25) is 0 Å². The zero-order valence-electron chi connectivity index (χ0n) is 9.64. The van der Waals surface area contributed by atoms with E-state index in [0.717, 1.165) is 0 Å². The second-order valence-corrected chi connectivity index (χ2v) is 4.05. The first-order chi connectivity index (χ1) is 7.77. The highest BCUT2D eigenvalue weighted by Crippen LogP contribution is 2.17. The van der Waals surface area contributed by atoms with Crippen molar-refractivity contribution in [1.82, 2.24) is 15.5 Å². The molecule has 1 aromatic heterocycles. The first-order valence-corrected chi connectivity index (χ1v) is 5.57. The molecule has 0 aliphatic heterocycles. The Morgan fingerprint density at radius 1 is 1.06 bits per heavy atom. The predicted octanol–water partition coefficient (Wildman–Crippen LogP) is 2.82. The monoisotopic (exact) mass is 215 g/mol. The second kappa shape index (κ2) is 4.94. The van der Waals surface area contributed by atoms with Gasteiger partial charge in [0.05, 0.1) is 6.20 Å². The van der Waals surface area contributed by atoms with Crippen molar-refractivity contribution in [3.63, 3.8) is 0 Å². The van der Waals surface area contributed by atoms with Crippen LogP contribution in [0.15, 0.2) is 42.7 Å². The molecular weight excluding hydrogens is 198 g/mol. The van der Waals surface area contributed by atoms with Crippen molar-refractivity contribution >= 4 is 0 Å². The molecule has 0 bridgehead atoms. The molecule has 16 heavy (non-hydrogen) atoms. The SMILES string of the molecule is CC(NC(C)c1cn[nH]c1)c1ccccc1. The number of nitrogens with zero attached hydrogens (tertiary/aromatic N) is 1. The highest BCUT2D eigenvalue weighted by atomic mass is 15.1. The lowest BCUT2D eigenvalue weighted by atomic mass is 10.1. The summed E-state index contributed by atoms with van der Waals surface area (Å²) in [6.07, 6.45) is 3.78. The third-order valence-electron chi connectivity index (χ3n) is 2.82. The van der Waals surface area contributed by atoms with Crippen LogP contribution in [0.5, 0.6) is 0 Å². The summed E-state index contributed by atoms with van der Waals surface area (Å²) in [5, 5.41) is 10.3. The van der Waals surface area contributed by atoms with Crippen LogP contribution < -0.4 is 5.32 Å². The van der Waals surface area contributed by atoms with E-state index in [4.69, 9.17) is 0 Å². The maximum Gasteiger partial charge on any atom is 0.0534 e. The Balaban J connectivity index is 2.00. The Bertz CT molecular complexity index is 408. The fraction of sp³-hybridized carbons (Fsp3) is 0.308. The third kappa shape index (κ3) is 2.49. The van der Waals surface area contributed by atoms with Gasteiger partial charge in [0.15, 0.2) is 0 Å². The number of hydrogen-bond acceptors (Lipinski definition) is 2. The number of aromatic nitrogens is 2. The number of nitrogens with one attached hydrogen (secondary N) is 2. The van der Waals surface area contributed by atoms with Gasteiger partial charge in [-0.3, -0.25) is 5.10 Å². The normalized spacial score (nSPS) is 14.6. The van der Waals surface area contributed by atoms with E-state index < -0.39 is 0 Å². The molecule has 1 heterocycles. The van der Waals surface area contributed by atoms with Gasteiger partial charge in [0, 0.05) is 23.8 Å². The van der Waals surface area contributed by atoms with Crippen LogP contribution in [0.1, 0.15) is 37.1 Å². The van der Waals surface area contributed by atoms with Crippen molar-refractivity contribution in [3.8, 4) is 0 Å². The highest BCUT2D eigenvalue weighted by molar-refractivity contribution is 5.19. The zero-order chi connectivity index (χ0) is 11.4. The average Bonchev–Trinajstić information content (AvgIpc) is 2.83. The summed E-state index contributed by atoms with van der Waals surface area (Å²) in [5.74, 6) is 0. The Morgan fingerprint density at radius 2 is 1.75 bits per heavy atom. The standard InChI is InChI=1S/C13H17N3/c1-10(12-6-4-3-5-7-12)16-11(2)13-8-14-15-9-13/h3-11,16H,1-2H3,(H,14,15). The Labute approximate surface area is 95.9 Å². The van der Waals surface area contributed by atoms with Crippen molar-refractivity contribution < 1.29 is 0 Å². The van der Waals surface area contributed by atoms with Crippen LogP contribution >= 0.6 is 0 Å². The molecule has 0 radical (unpaired) electrons. The van der Waals surface area contributed by atoms with Gasteiger partial charge in [0.25, 0.3) is 0 Å². The number of aromatic amines is 1. The maximum atomic E-state index is 3.96. The van der Waals surface area contributed by atoms with Crippen LogP contribution in [0.3, 0.4) is 0 Å². The molecule has 2 atom stereocenters. The minimum atomic E-state index is 0.300. The molecule has 84 valence electrons. The van der Waals surface area contributed by atoms with Gasteiger partial charge in [-0.05, 0) is 19.4 Å². The fourth-order valence-electron chi connectivity index (χ4n) is 1.81. The molecule has 0 saturated carbocycles. The number of hydrogen-bond donors (Lipinski definition) is 2. The molecule has 3 heteroatoms. The van der Waals surface area contributed by atoms with Crippen LogP contribution in [0.4, 0.5) is 0 Å². The van der Waals surface area contributed by atoms with Crippen molar-refractivity contribution in [1.29, 1.82) is 0 Å². The molecule has 0 fully saturated rings. The first kappa shape index (κ1) is 10.9. The molecule has 3 nitrogen and oxygen atoms in total. The first-order valence-electron chi connectivity index (χ1n) is 5.57. The van der Waals surface area contributed by atoms with Gasteiger partial charge in [-0.15, -0.1) is 0 Å². The van der Waals surface area contributed by atoms with Crippen LogP contribution in [0, 0.1) is 0 Å². The van der Waals surface area contributed by atoms with E-state index in [1.165, 1.54) is 11.1 Å². The molecule has 0 spiro atoms. The van der Waals surface area contributed by atoms with E-state index in [-0.39, 0.29) is 0 Å². The molecule has 0 aliphatic carbocycles. The summed E-state index contributed by atoms with van der Waals surface area (Å²) < 4.78 is 0. The van der Waals surface area contributed by atoms with Gasteiger partial charge in [-0.2, -0.15) is 5.10 Å². The van der Waals surface area contributed by atoms with Gasteiger partial charge in [-0.1, -0.05) is 30.3 Å². The summed E-state index contributed by atoms with van der Waals surface area (Å²) >= 11 is 0. The van der Waals surface area contributed by atoms with Gasteiger partial charge < -0.3 is 5.32 Å². The Morgan fingerprint density at radius 3 is 2.38 bits per heavy atom. The molecule has 0 aliphatic rings. The van der Waals surface area contributed by atoms with E-state index >= 15 is 0 Å². The lowest BCUT2D eigenvalue weighted by Crippen LogP contribution is -2.22. The van der Waals surface area contributed by atoms with Crippen molar-refractivity contribution in [2.75, 3.05) is 0 Å². The van der Waals surface area contributed by atoms with Gasteiger partial charge >= 0.3 is 0 Å². The van der Waals surface area contributed by atoms with Crippen molar-refractivity contribution in [2.45, 2.75) is 25.9 Å². The average molecular weight is 215 g/mol. The Hall–Kier alpha value is -1.61. The largest absolute Gasteiger partial charge is 0.304 e. The van der Waals surface area contributed by atoms with Gasteiger partial charge in [-0.25, -0.2) is 0 Å². The van der Waals surface area contributed by atoms with Crippen LogP contribution in [-0.2, 0) is 0 Å².